The van der Waals surface area contributed by atoms with Crippen molar-refractivity contribution in [2.45, 2.75) is 33.4 Å². The van der Waals surface area contributed by atoms with Gasteiger partial charge in [0, 0.05) is 38.9 Å². The van der Waals surface area contributed by atoms with Crippen LogP contribution in [0, 0.1) is 11.7 Å². The van der Waals surface area contributed by atoms with Crippen LogP contribution in [0.15, 0.2) is 23.2 Å². The highest BCUT2D eigenvalue weighted by Gasteiger charge is 2.14. The smallest absolute Gasteiger partial charge is 0.387 e. The molecule has 0 aliphatic carbocycles. The summed E-state index contributed by atoms with van der Waals surface area (Å²) in [5, 5.41) is 5.94. The van der Waals surface area contributed by atoms with Crippen molar-refractivity contribution in [3.8, 4) is 5.75 Å². The molecule has 0 fully saturated rings. The molecular formula is C17H27F3IN3O2. The number of hydrogen-bond acceptors (Lipinski definition) is 3. The Balaban J connectivity index is 0.00000625. The van der Waals surface area contributed by atoms with Crippen molar-refractivity contribution in [1.29, 1.82) is 0 Å². The quantitative estimate of drug-likeness (QED) is 0.228. The van der Waals surface area contributed by atoms with Crippen molar-refractivity contribution in [3.63, 3.8) is 0 Å². The van der Waals surface area contributed by atoms with Crippen molar-refractivity contribution in [2.75, 3.05) is 26.8 Å². The maximum atomic E-state index is 13.9. The van der Waals surface area contributed by atoms with Crippen molar-refractivity contribution >= 4 is 29.9 Å². The molecule has 0 amide bonds. The van der Waals surface area contributed by atoms with E-state index in [0.29, 0.717) is 31.6 Å². The second-order valence-corrected chi connectivity index (χ2v) is 5.77. The number of aliphatic imine (C=N–C) groups is 1. The van der Waals surface area contributed by atoms with Gasteiger partial charge >= 0.3 is 6.61 Å². The summed E-state index contributed by atoms with van der Waals surface area (Å²) in [6.45, 7) is 3.09. The van der Waals surface area contributed by atoms with Gasteiger partial charge in [0.05, 0.1) is 0 Å². The normalized spacial score (nSPS) is 11.5. The summed E-state index contributed by atoms with van der Waals surface area (Å²) < 4.78 is 48.5. The molecule has 0 bridgehead atoms. The largest absolute Gasteiger partial charge is 0.434 e. The fourth-order valence-corrected chi connectivity index (χ4v) is 2.01. The Hall–Kier alpha value is -1.23. The van der Waals surface area contributed by atoms with Crippen molar-refractivity contribution < 1.29 is 22.6 Å². The molecule has 150 valence electrons. The zero-order valence-corrected chi connectivity index (χ0v) is 17.6. The first-order valence-corrected chi connectivity index (χ1v) is 8.18. The Labute approximate surface area is 169 Å². The summed E-state index contributed by atoms with van der Waals surface area (Å²) in [6, 6.07) is 3.81. The third-order valence-electron chi connectivity index (χ3n) is 3.16. The highest BCUT2D eigenvalue weighted by Crippen LogP contribution is 2.23. The molecule has 1 aromatic rings. The van der Waals surface area contributed by atoms with E-state index in [-0.39, 0.29) is 41.8 Å². The molecule has 0 saturated carbocycles. The number of nitrogens with zero attached hydrogens (tertiary/aromatic N) is 1. The maximum absolute atomic E-state index is 13.9. The average Bonchev–Trinajstić information content (AvgIpc) is 2.54. The molecule has 0 aromatic heterocycles. The molecule has 26 heavy (non-hydrogen) atoms. The Morgan fingerprint density at radius 1 is 1.23 bits per heavy atom. The summed E-state index contributed by atoms with van der Waals surface area (Å²) in [5.41, 5.74) is 0.0195. The molecule has 0 heterocycles. The van der Waals surface area contributed by atoms with Gasteiger partial charge in [0.25, 0.3) is 0 Å². The second kappa shape index (κ2) is 13.9. The molecule has 2 N–H and O–H groups in total. The SMILES string of the molecule is CN=C(NCCCOCC(C)C)NCc1c(F)cccc1OC(F)F.I. The highest BCUT2D eigenvalue weighted by atomic mass is 127. The van der Waals surface area contributed by atoms with Crippen LogP contribution in [0.2, 0.25) is 0 Å². The van der Waals surface area contributed by atoms with E-state index < -0.39 is 12.4 Å². The van der Waals surface area contributed by atoms with Gasteiger partial charge in [0.1, 0.15) is 11.6 Å². The number of guanidine groups is 1. The van der Waals surface area contributed by atoms with Gasteiger partial charge in [-0.05, 0) is 24.5 Å². The van der Waals surface area contributed by atoms with Gasteiger partial charge in [-0.15, -0.1) is 24.0 Å². The lowest BCUT2D eigenvalue weighted by Gasteiger charge is -2.15. The van der Waals surface area contributed by atoms with Crippen molar-refractivity contribution in [3.05, 3.63) is 29.6 Å². The number of nitrogens with one attached hydrogen (secondary N) is 2. The van der Waals surface area contributed by atoms with Crippen LogP contribution >= 0.6 is 24.0 Å². The van der Waals surface area contributed by atoms with E-state index in [9.17, 15) is 13.2 Å². The number of ether oxygens (including phenoxy) is 2. The van der Waals surface area contributed by atoms with Gasteiger partial charge < -0.3 is 20.1 Å². The van der Waals surface area contributed by atoms with E-state index in [4.69, 9.17) is 4.74 Å². The first-order valence-electron chi connectivity index (χ1n) is 8.18. The van der Waals surface area contributed by atoms with Crippen LogP contribution in [0.1, 0.15) is 25.8 Å². The van der Waals surface area contributed by atoms with Crippen LogP contribution in [0.4, 0.5) is 13.2 Å². The van der Waals surface area contributed by atoms with Crippen LogP contribution in [-0.4, -0.2) is 39.4 Å². The summed E-state index contributed by atoms with van der Waals surface area (Å²) in [6.07, 6.45) is 0.785. The molecule has 0 radical (unpaired) electrons. The molecule has 9 heteroatoms. The number of benzene rings is 1. The third kappa shape index (κ3) is 10.0. The van der Waals surface area contributed by atoms with Gasteiger partial charge in [0.2, 0.25) is 0 Å². The van der Waals surface area contributed by atoms with Crippen molar-refractivity contribution in [1.82, 2.24) is 10.6 Å². The summed E-state index contributed by atoms with van der Waals surface area (Å²) in [4.78, 5) is 4.01. The first kappa shape index (κ1) is 24.8. The van der Waals surface area contributed by atoms with Gasteiger partial charge in [-0.25, -0.2) is 4.39 Å². The third-order valence-corrected chi connectivity index (χ3v) is 3.16. The van der Waals surface area contributed by atoms with Crippen LogP contribution < -0.4 is 15.4 Å². The van der Waals surface area contributed by atoms with E-state index in [1.165, 1.54) is 18.2 Å². The minimum absolute atomic E-state index is 0. The Morgan fingerprint density at radius 2 is 1.96 bits per heavy atom. The second-order valence-electron chi connectivity index (χ2n) is 5.77. The topological polar surface area (TPSA) is 54.9 Å². The standard InChI is InChI=1S/C17H26F3N3O2.HI/c1-12(2)11-24-9-5-8-22-17(21-3)23-10-13-14(18)6-4-7-15(13)25-16(19)20;/h4,6-7,12,16H,5,8-11H2,1-3H3,(H2,21,22,23);1H. The molecule has 5 nitrogen and oxygen atoms in total. The summed E-state index contributed by atoms with van der Waals surface area (Å²) >= 11 is 0. The van der Waals surface area contributed by atoms with Crippen LogP contribution in [0.3, 0.4) is 0 Å². The number of hydrogen-bond donors (Lipinski definition) is 2. The predicted molar refractivity (Wildman–Crippen MR) is 107 cm³/mol. The summed E-state index contributed by atoms with van der Waals surface area (Å²) in [5.74, 6) is 0.117. The number of halogens is 4. The number of rotatable bonds is 10. The minimum atomic E-state index is -3.01. The fourth-order valence-electron chi connectivity index (χ4n) is 2.01. The zero-order valence-electron chi connectivity index (χ0n) is 15.2. The Bertz CT molecular complexity index is 546. The summed E-state index contributed by atoms with van der Waals surface area (Å²) in [7, 11) is 1.57. The molecule has 0 atom stereocenters. The van der Waals surface area contributed by atoms with Gasteiger partial charge in [-0.1, -0.05) is 19.9 Å². The molecular weight excluding hydrogens is 462 g/mol. The minimum Gasteiger partial charge on any atom is -0.434 e. The van der Waals surface area contributed by atoms with Crippen LogP contribution in [0.5, 0.6) is 5.75 Å². The van der Waals surface area contributed by atoms with E-state index in [2.05, 4.69) is 34.2 Å². The number of alkyl halides is 2. The predicted octanol–water partition coefficient (Wildman–Crippen LogP) is 3.77. The zero-order chi connectivity index (χ0) is 18.7. The molecule has 1 aromatic carbocycles. The maximum Gasteiger partial charge on any atom is 0.387 e. The van der Waals surface area contributed by atoms with Gasteiger partial charge in [-0.3, -0.25) is 4.99 Å². The Morgan fingerprint density at radius 3 is 2.58 bits per heavy atom. The highest BCUT2D eigenvalue weighted by molar-refractivity contribution is 14.0. The molecule has 0 aliphatic heterocycles. The van der Waals surface area contributed by atoms with E-state index >= 15 is 0 Å². The lowest BCUT2D eigenvalue weighted by Crippen LogP contribution is -2.37. The van der Waals surface area contributed by atoms with Crippen molar-refractivity contribution in [2.24, 2.45) is 10.9 Å². The molecule has 0 saturated heterocycles. The molecule has 0 aliphatic rings. The van der Waals surface area contributed by atoms with Gasteiger partial charge in [-0.2, -0.15) is 8.78 Å². The monoisotopic (exact) mass is 489 g/mol. The molecule has 0 unspecified atom stereocenters. The lowest BCUT2D eigenvalue weighted by atomic mass is 10.2. The Kier molecular flexibility index (Phi) is 13.2. The van der Waals surface area contributed by atoms with E-state index in [1.807, 2.05) is 0 Å². The lowest BCUT2D eigenvalue weighted by molar-refractivity contribution is -0.0506. The van der Waals surface area contributed by atoms with Crippen LogP contribution in [-0.2, 0) is 11.3 Å². The van der Waals surface area contributed by atoms with Gasteiger partial charge in [0.15, 0.2) is 5.96 Å². The molecule has 0 spiro atoms. The average molecular weight is 489 g/mol. The van der Waals surface area contributed by atoms with E-state index in [0.717, 1.165) is 6.42 Å². The fraction of sp³-hybridized carbons (Fsp3) is 0.588. The van der Waals surface area contributed by atoms with Crippen LogP contribution in [0.25, 0.3) is 0 Å². The van der Waals surface area contributed by atoms with E-state index in [1.54, 1.807) is 7.05 Å². The first-order chi connectivity index (χ1) is 11.9. The molecule has 1 rings (SSSR count).